The third-order valence-corrected chi connectivity index (χ3v) is 4.10. The van der Waals surface area contributed by atoms with Crippen LogP contribution in [0.5, 0.6) is 0 Å². The lowest BCUT2D eigenvalue weighted by molar-refractivity contribution is -0.138. The lowest BCUT2D eigenvalue weighted by atomic mass is 9.99. The van der Waals surface area contributed by atoms with Gasteiger partial charge in [-0.1, -0.05) is 36.4 Å². The van der Waals surface area contributed by atoms with E-state index in [2.05, 4.69) is 5.32 Å². The molecule has 0 spiro atoms. The normalized spacial score (nSPS) is 12.8. The van der Waals surface area contributed by atoms with Gasteiger partial charge in [0.1, 0.15) is 11.8 Å². The summed E-state index contributed by atoms with van der Waals surface area (Å²) in [5.41, 5.74) is 0.891. The predicted molar refractivity (Wildman–Crippen MR) is 84.0 cm³/mol. The molecule has 23 heavy (non-hydrogen) atoms. The summed E-state index contributed by atoms with van der Waals surface area (Å²) in [5.74, 6) is -3.36. The van der Waals surface area contributed by atoms with E-state index in [1.807, 2.05) is 6.07 Å². The maximum absolute atomic E-state index is 12.4. The van der Waals surface area contributed by atoms with E-state index < -0.39 is 33.8 Å². The molecule has 3 N–H and O–H groups in total. The Hall–Kier alpha value is -2.45. The van der Waals surface area contributed by atoms with Crippen LogP contribution in [0.3, 0.4) is 0 Å². The van der Waals surface area contributed by atoms with Crippen LogP contribution in [-0.2, 0) is 14.9 Å². The number of aryl methyl sites for hydroxylation is 1. The van der Waals surface area contributed by atoms with Crippen molar-refractivity contribution in [2.24, 2.45) is 0 Å². The van der Waals surface area contributed by atoms with Crippen molar-refractivity contribution in [2.45, 2.75) is 13.0 Å². The van der Waals surface area contributed by atoms with E-state index in [0.717, 1.165) is 5.39 Å². The van der Waals surface area contributed by atoms with Gasteiger partial charge in [0.05, 0.1) is 5.56 Å². The molecular weight excluding hydrogens is 322 g/mol. The number of rotatable bonds is 5. The average Bonchev–Trinajstić information content (AvgIpc) is 2.44. The van der Waals surface area contributed by atoms with Crippen LogP contribution in [0.4, 0.5) is 0 Å². The number of fused-ring (bicyclic) bond motifs is 1. The Kier molecular flexibility index (Phi) is 4.67. The van der Waals surface area contributed by atoms with Crippen molar-refractivity contribution >= 4 is 32.8 Å². The topological polar surface area (TPSA) is 121 Å². The third-order valence-electron chi connectivity index (χ3n) is 3.35. The summed E-state index contributed by atoms with van der Waals surface area (Å²) in [6, 6.07) is 8.87. The zero-order chi connectivity index (χ0) is 17.2. The summed E-state index contributed by atoms with van der Waals surface area (Å²) in [7, 11) is -4.54. The molecule has 2 rings (SSSR count). The molecule has 0 radical (unpaired) electrons. The quantitative estimate of drug-likeness (QED) is 0.705. The van der Waals surface area contributed by atoms with E-state index in [1.54, 1.807) is 37.3 Å². The number of aliphatic carboxylic acids is 1. The molecule has 1 atom stereocenters. The summed E-state index contributed by atoms with van der Waals surface area (Å²) in [6.45, 7) is 1.69. The Morgan fingerprint density at radius 3 is 2.43 bits per heavy atom. The molecule has 122 valence electrons. The number of benzene rings is 2. The average molecular weight is 337 g/mol. The molecule has 1 amide bonds. The lowest BCUT2D eigenvalue weighted by Gasteiger charge is -2.15. The maximum Gasteiger partial charge on any atom is 0.327 e. The third kappa shape index (κ3) is 4.05. The van der Waals surface area contributed by atoms with Crippen molar-refractivity contribution in [2.75, 3.05) is 5.75 Å². The Morgan fingerprint density at radius 2 is 1.83 bits per heavy atom. The van der Waals surface area contributed by atoms with E-state index in [9.17, 15) is 18.0 Å². The van der Waals surface area contributed by atoms with Crippen LogP contribution in [0.1, 0.15) is 15.9 Å². The molecule has 7 nitrogen and oxygen atoms in total. The van der Waals surface area contributed by atoms with Gasteiger partial charge in [-0.05, 0) is 23.3 Å². The molecule has 1 unspecified atom stereocenters. The van der Waals surface area contributed by atoms with Crippen molar-refractivity contribution in [1.82, 2.24) is 5.32 Å². The lowest BCUT2D eigenvalue weighted by Crippen LogP contribution is -2.45. The minimum atomic E-state index is -4.54. The first kappa shape index (κ1) is 16.9. The Morgan fingerprint density at radius 1 is 1.17 bits per heavy atom. The fourth-order valence-corrected chi connectivity index (χ4v) is 2.94. The fraction of sp³-hybridized carbons (Fsp3) is 0.200. The van der Waals surface area contributed by atoms with Gasteiger partial charge in [-0.3, -0.25) is 9.35 Å². The predicted octanol–water partition coefficient (Wildman–Crippen LogP) is 1.22. The van der Waals surface area contributed by atoms with Gasteiger partial charge in [0.15, 0.2) is 0 Å². The maximum atomic E-state index is 12.4. The second kappa shape index (κ2) is 6.35. The number of carbonyl (C=O) groups excluding carboxylic acids is 1. The van der Waals surface area contributed by atoms with Crippen molar-refractivity contribution in [3.63, 3.8) is 0 Å². The van der Waals surface area contributed by atoms with Crippen LogP contribution in [-0.4, -0.2) is 41.7 Å². The van der Waals surface area contributed by atoms with Gasteiger partial charge in [0.25, 0.3) is 16.0 Å². The highest BCUT2D eigenvalue weighted by Gasteiger charge is 2.27. The summed E-state index contributed by atoms with van der Waals surface area (Å²) in [6.07, 6.45) is 0. The Labute approximate surface area is 132 Å². The van der Waals surface area contributed by atoms with Crippen LogP contribution < -0.4 is 5.32 Å². The van der Waals surface area contributed by atoms with Crippen molar-refractivity contribution in [3.8, 4) is 0 Å². The van der Waals surface area contributed by atoms with Gasteiger partial charge in [-0.2, -0.15) is 8.42 Å². The molecule has 2 aromatic rings. The van der Waals surface area contributed by atoms with Crippen molar-refractivity contribution in [3.05, 3.63) is 47.5 Å². The summed E-state index contributed by atoms with van der Waals surface area (Å²) in [5, 5.41) is 12.6. The van der Waals surface area contributed by atoms with Crippen molar-refractivity contribution < 1.29 is 27.7 Å². The van der Waals surface area contributed by atoms with Gasteiger partial charge in [-0.15, -0.1) is 0 Å². The molecule has 2 aromatic carbocycles. The summed E-state index contributed by atoms with van der Waals surface area (Å²) >= 11 is 0. The summed E-state index contributed by atoms with van der Waals surface area (Å²) < 4.78 is 30.6. The molecule has 0 bridgehead atoms. The molecule has 0 fully saturated rings. The van der Waals surface area contributed by atoms with Crippen LogP contribution in [0.25, 0.3) is 10.8 Å². The molecule has 0 saturated heterocycles. The van der Waals surface area contributed by atoms with Gasteiger partial charge >= 0.3 is 5.97 Å². The minimum Gasteiger partial charge on any atom is -0.480 e. The first-order chi connectivity index (χ1) is 10.7. The van der Waals surface area contributed by atoms with Crippen LogP contribution in [0, 0.1) is 6.92 Å². The first-order valence-corrected chi connectivity index (χ1v) is 8.27. The molecular formula is C15H15NO6S. The number of carboxylic acid groups (broad SMARTS) is 1. The van der Waals surface area contributed by atoms with Gasteiger partial charge < -0.3 is 10.4 Å². The smallest absolute Gasteiger partial charge is 0.327 e. The fourth-order valence-electron chi connectivity index (χ4n) is 2.30. The monoisotopic (exact) mass is 337 g/mol. The molecule has 0 heterocycles. The zero-order valence-corrected chi connectivity index (χ0v) is 13.0. The number of hydrogen-bond acceptors (Lipinski definition) is 4. The van der Waals surface area contributed by atoms with Crippen LogP contribution in [0.15, 0.2) is 36.4 Å². The van der Waals surface area contributed by atoms with E-state index in [0.29, 0.717) is 10.9 Å². The van der Waals surface area contributed by atoms with Crippen LogP contribution in [0.2, 0.25) is 0 Å². The number of amides is 1. The largest absolute Gasteiger partial charge is 0.480 e. The molecule has 0 aliphatic heterocycles. The van der Waals surface area contributed by atoms with Crippen LogP contribution >= 0.6 is 0 Å². The van der Waals surface area contributed by atoms with Gasteiger partial charge in [-0.25, -0.2) is 4.79 Å². The van der Waals surface area contributed by atoms with Gasteiger partial charge in [0, 0.05) is 0 Å². The highest BCUT2D eigenvalue weighted by Crippen LogP contribution is 2.22. The number of nitrogens with one attached hydrogen (secondary N) is 1. The summed E-state index contributed by atoms with van der Waals surface area (Å²) in [4.78, 5) is 23.5. The highest BCUT2D eigenvalue weighted by atomic mass is 32.2. The zero-order valence-electron chi connectivity index (χ0n) is 12.2. The molecule has 0 aliphatic carbocycles. The first-order valence-electron chi connectivity index (χ1n) is 6.66. The Bertz CT molecular complexity index is 875. The molecule has 8 heteroatoms. The van der Waals surface area contributed by atoms with Crippen molar-refractivity contribution in [1.29, 1.82) is 0 Å². The van der Waals surface area contributed by atoms with E-state index in [-0.39, 0.29) is 5.56 Å². The van der Waals surface area contributed by atoms with E-state index in [1.165, 1.54) is 0 Å². The molecule has 0 saturated carbocycles. The number of carboxylic acids is 1. The number of hydrogen-bond donors (Lipinski definition) is 3. The second-order valence-corrected chi connectivity index (χ2v) is 6.59. The van der Waals surface area contributed by atoms with E-state index >= 15 is 0 Å². The Balaban J connectivity index is 2.40. The standard InChI is InChI=1S/C15H15NO6S/c1-9-6-7-10-4-2-3-5-11(10)13(9)14(17)16-12(15(18)19)8-23(20,21)22/h2-7,12H,8H2,1H3,(H,16,17)(H,18,19)(H,20,21,22). The van der Waals surface area contributed by atoms with Gasteiger partial charge in [0.2, 0.25) is 0 Å². The molecule has 0 aromatic heterocycles. The SMILES string of the molecule is Cc1ccc2ccccc2c1C(=O)NC(CS(=O)(=O)O)C(=O)O. The van der Waals surface area contributed by atoms with E-state index in [4.69, 9.17) is 9.66 Å². The minimum absolute atomic E-state index is 0.268. The number of carbonyl (C=O) groups is 2. The molecule has 0 aliphatic rings. The second-order valence-electron chi connectivity index (χ2n) is 5.09. The highest BCUT2D eigenvalue weighted by molar-refractivity contribution is 7.85.